The minimum absolute atomic E-state index is 0.00808. The van der Waals surface area contributed by atoms with Gasteiger partial charge in [-0.25, -0.2) is 0 Å². The molecule has 0 aliphatic carbocycles. The smallest absolute Gasteiger partial charge is 0.320 e. The first kappa shape index (κ1) is 8.86. The minimum atomic E-state index is -0.00808. The minimum Gasteiger partial charge on any atom is -0.426 e. The lowest BCUT2D eigenvalue weighted by Crippen LogP contribution is -2.34. The van der Waals surface area contributed by atoms with Gasteiger partial charge in [-0.2, -0.15) is 0 Å². The van der Waals surface area contributed by atoms with Crippen molar-refractivity contribution in [2.24, 2.45) is 5.41 Å². The summed E-state index contributed by atoms with van der Waals surface area (Å²) in [5.74, 6) is 1.90. The van der Waals surface area contributed by atoms with Crippen molar-refractivity contribution in [1.29, 1.82) is 0 Å². The second kappa shape index (κ2) is 2.38. The molecule has 0 aromatic rings. The highest BCUT2D eigenvalue weighted by atomic mass is 16.5. The Morgan fingerprint density at radius 2 is 1.91 bits per heavy atom. The Morgan fingerprint density at radius 3 is 2.09 bits per heavy atom. The van der Waals surface area contributed by atoms with Gasteiger partial charge < -0.3 is 4.65 Å². The number of hydrogen-bond acceptors (Lipinski definition) is 1. The summed E-state index contributed by atoms with van der Waals surface area (Å²) in [6, 6.07) is 0. The maximum absolute atomic E-state index is 5.80. The van der Waals surface area contributed by atoms with Gasteiger partial charge in [0.1, 0.15) is 0 Å². The second-order valence-electron chi connectivity index (χ2n) is 4.49. The summed E-state index contributed by atoms with van der Waals surface area (Å²) >= 11 is 0. The quantitative estimate of drug-likeness (QED) is 0.524. The van der Waals surface area contributed by atoms with Crippen molar-refractivity contribution in [3.63, 3.8) is 0 Å². The molecule has 0 aromatic heterocycles. The third kappa shape index (κ3) is 1.37. The van der Waals surface area contributed by atoms with Gasteiger partial charge in [0.25, 0.3) is 0 Å². The molecule has 1 saturated heterocycles. The molecular formula is C9H17BO. The highest BCUT2D eigenvalue weighted by molar-refractivity contribution is 6.58. The number of rotatable bonds is 1. The largest absolute Gasteiger partial charge is 0.426 e. The van der Waals surface area contributed by atoms with Crippen molar-refractivity contribution in [2.75, 3.05) is 0 Å². The highest BCUT2D eigenvalue weighted by Crippen LogP contribution is 2.45. The molecule has 0 radical (unpaired) electrons. The Balaban J connectivity index is 2.79. The van der Waals surface area contributed by atoms with Crippen LogP contribution in [-0.4, -0.2) is 12.5 Å². The molecule has 0 aromatic carbocycles. The van der Waals surface area contributed by atoms with Crippen LogP contribution < -0.4 is 0 Å². The van der Waals surface area contributed by atoms with Crippen LogP contribution in [-0.2, 0) is 4.65 Å². The van der Waals surface area contributed by atoms with Crippen LogP contribution >= 0.6 is 0 Å². The van der Waals surface area contributed by atoms with Crippen molar-refractivity contribution in [1.82, 2.24) is 0 Å². The summed E-state index contributed by atoms with van der Waals surface area (Å²) in [5, 5.41) is 0. The van der Waals surface area contributed by atoms with Crippen molar-refractivity contribution in [3.8, 4) is 0 Å². The van der Waals surface area contributed by atoms with Gasteiger partial charge >= 0.3 is 6.92 Å². The summed E-state index contributed by atoms with van der Waals surface area (Å²) in [5.41, 5.74) is 0.262. The van der Waals surface area contributed by atoms with E-state index in [9.17, 15) is 0 Å². The molecule has 1 fully saturated rings. The molecule has 1 aliphatic rings. The first-order valence-corrected chi connectivity index (χ1v) is 4.19. The zero-order chi connectivity index (χ0) is 8.70. The maximum atomic E-state index is 5.80. The molecule has 0 unspecified atom stereocenters. The third-order valence-corrected chi connectivity index (χ3v) is 3.05. The van der Waals surface area contributed by atoms with Crippen molar-refractivity contribution >= 4 is 6.92 Å². The average molecular weight is 152 g/mol. The zero-order valence-electron chi connectivity index (χ0n) is 7.98. The summed E-state index contributed by atoms with van der Waals surface area (Å²) < 4.78 is 5.80. The first-order valence-electron chi connectivity index (χ1n) is 4.19. The lowest BCUT2D eigenvalue weighted by Gasteiger charge is -2.34. The van der Waals surface area contributed by atoms with Gasteiger partial charge in [0.2, 0.25) is 0 Å². The van der Waals surface area contributed by atoms with Crippen LogP contribution in [0, 0.1) is 5.41 Å². The maximum Gasteiger partial charge on any atom is 0.320 e. The number of hydrogen-bond donors (Lipinski definition) is 0. The normalized spacial score (nSPS) is 27.1. The Hall–Kier alpha value is -0.235. The van der Waals surface area contributed by atoms with E-state index in [2.05, 4.69) is 34.3 Å². The molecule has 1 nitrogen and oxygen atoms in total. The van der Waals surface area contributed by atoms with E-state index < -0.39 is 0 Å². The Kier molecular flexibility index (Phi) is 1.91. The van der Waals surface area contributed by atoms with E-state index >= 15 is 0 Å². The molecule has 1 aliphatic heterocycles. The van der Waals surface area contributed by atoms with Gasteiger partial charge in [0.05, 0.1) is 5.60 Å². The monoisotopic (exact) mass is 152 g/mol. The van der Waals surface area contributed by atoms with E-state index in [1.165, 1.54) is 0 Å². The van der Waals surface area contributed by atoms with Gasteiger partial charge in [-0.05, 0) is 25.6 Å². The highest BCUT2D eigenvalue weighted by Gasteiger charge is 2.47. The molecule has 62 valence electrons. The van der Waals surface area contributed by atoms with E-state index in [0.29, 0.717) is 0 Å². The molecule has 2 heteroatoms. The predicted octanol–water partition coefficient (Wildman–Crippen LogP) is 2.54. The third-order valence-electron chi connectivity index (χ3n) is 3.05. The standard InChI is InChI=1S/C9H17BO/c1-6-10-7-8(2,3)9(4,5)11-10/h6H,1,7H2,2-5H3. The average Bonchev–Trinajstić information content (AvgIpc) is 2.03. The van der Waals surface area contributed by atoms with Crippen LogP contribution in [0.1, 0.15) is 27.7 Å². The van der Waals surface area contributed by atoms with Crippen LogP contribution in [0.2, 0.25) is 6.32 Å². The summed E-state index contributed by atoms with van der Waals surface area (Å²) in [6.07, 6.45) is 1.09. The van der Waals surface area contributed by atoms with Gasteiger partial charge in [-0.3, -0.25) is 0 Å². The Labute approximate surface area is 69.9 Å². The molecule has 11 heavy (non-hydrogen) atoms. The lowest BCUT2D eigenvalue weighted by atomic mass is 9.59. The summed E-state index contributed by atoms with van der Waals surface area (Å²) in [6.45, 7) is 12.8. The van der Waals surface area contributed by atoms with Crippen LogP contribution in [0.5, 0.6) is 0 Å². The fraction of sp³-hybridized carbons (Fsp3) is 0.778. The Morgan fingerprint density at radius 1 is 1.36 bits per heavy atom. The topological polar surface area (TPSA) is 9.23 Å². The van der Waals surface area contributed by atoms with Gasteiger partial charge in [0, 0.05) is 0 Å². The Bertz CT molecular complexity index is 156. The fourth-order valence-corrected chi connectivity index (χ4v) is 1.46. The summed E-state index contributed by atoms with van der Waals surface area (Å²) in [7, 11) is 0. The van der Waals surface area contributed by atoms with Crippen LogP contribution in [0.25, 0.3) is 0 Å². The lowest BCUT2D eigenvalue weighted by molar-refractivity contribution is 0.0374. The van der Waals surface area contributed by atoms with Crippen molar-refractivity contribution < 1.29 is 4.65 Å². The van der Waals surface area contributed by atoms with E-state index in [4.69, 9.17) is 4.65 Å². The van der Waals surface area contributed by atoms with E-state index in [1.807, 2.05) is 5.98 Å². The van der Waals surface area contributed by atoms with E-state index in [-0.39, 0.29) is 17.9 Å². The van der Waals surface area contributed by atoms with Crippen LogP contribution in [0.3, 0.4) is 0 Å². The van der Waals surface area contributed by atoms with Gasteiger partial charge in [-0.1, -0.05) is 19.8 Å². The molecule has 0 amide bonds. The summed E-state index contributed by atoms with van der Waals surface area (Å²) in [4.78, 5) is 0. The zero-order valence-corrected chi connectivity index (χ0v) is 7.98. The molecular weight excluding hydrogens is 135 g/mol. The van der Waals surface area contributed by atoms with Gasteiger partial charge in [-0.15, -0.1) is 6.58 Å². The van der Waals surface area contributed by atoms with Gasteiger partial charge in [0.15, 0.2) is 0 Å². The SMILES string of the molecule is C=CB1CC(C)(C)C(C)(C)O1. The van der Waals surface area contributed by atoms with Crippen LogP contribution in [0.4, 0.5) is 0 Å². The molecule has 0 N–H and O–H groups in total. The van der Waals surface area contributed by atoms with E-state index in [0.717, 1.165) is 6.32 Å². The fourth-order valence-electron chi connectivity index (χ4n) is 1.46. The van der Waals surface area contributed by atoms with Crippen LogP contribution in [0.15, 0.2) is 12.6 Å². The molecule has 1 heterocycles. The van der Waals surface area contributed by atoms with E-state index in [1.54, 1.807) is 0 Å². The first-order chi connectivity index (χ1) is 4.89. The molecule has 1 rings (SSSR count). The molecule has 0 atom stereocenters. The molecule has 0 bridgehead atoms. The molecule has 0 saturated carbocycles. The second-order valence-corrected chi connectivity index (χ2v) is 4.49. The predicted molar refractivity (Wildman–Crippen MR) is 49.7 cm³/mol. The van der Waals surface area contributed by atoms with Crippen molar-refractivity contribution in [2.45, 2.75) is 39.6 Å². The molecule has 0 spiro atoms. The van der Waals surface area contributed by atoms with Crippen molar-refractivity contribution in [3.05, 3.63) is 12.6 Å².